The molecule has 4 aromatic carbocycles. The molecule has 1 atom stereocenters. The number of nitrogens with zero attached hydrogens (tertiary/aromatic N) is 2. The van der Waals surface area contributed by atoms with Gasteiger partial charge in [-0.25, -0.2) is 12.8 Å². The minimum absolute atomic E-state index is 0.0117. The van der Waals surface area contributed by atoms with E-state index in [1.807, 2.05) is 30.3 Å². The number of aryl methyl sites for hydroxylation is 1. The average Bonchev–Trinajstić information content (AvgIpc) is 3.00. The van der Waals surface area contributed by atoms with Gasteiger partial charge in [0.25, 0.3) is 10.0 Å². The molecule has 0 radical (unpaired) electrons. The van der Waals surface area contributed by atoms with Crippen LogP contribution in [0.25, 0.3) is 0 Å². The number of likely N-dealkylation sites (N-methyl/N-ethyl adjacent to an activating group) is 1. The molecule has 0 spiro atoms. The van der Waals surface area contributed by atoms with E-state index in [1.54, 1.807) is 50.2 Å². The molecule has 4 rings (SSSR count). The lowest BCUT2D eigenvalue weighted by atomic mass is 10.0. The lowest BCUT2D eigenvalue weighted by Crippen LogP contribution is -2.53. The first kappa shape index (κ1) is 31.7. The quantitative estimate of drug-likeness (QED) is 0.218. The second-order valence-corrected chi connectivity index (χ2v) is 12.3. The number of rotatable bonds is 12. The molecule has 0 aromatic heterocycles. The first-order chi connectivity index (χ1) is 20.6. The molecule has 0 saturated heterocycles. The molecule has 0 heterocycles. The van der Waals surface area contributed by atoms with Crippen molar-refractivity contribution in [1.82, 2.24) is 10.2 Å². The fraction of sp³-hybridized carbons (Fsp3) is 0.212. The fourth-order valence-corrected chi connectivity index (χ4v) is 6.51. The predicted octanol–water partition coefficient (Wildman–Crippen LogP) is 5.76. The number of anilines is 1. The number of hydrogen-bond donors (Lipinski definition) is 1. The third-order valence-corrected chi connectivity index (χ3v) is 8.97. The van der Waals surface area contributed by atoms with Gasteiger partial charge in [-0.2, -0.15) is 0 Å². The van der Waals surface area contributed by atoms with Crippen molar-refractivity contribution in [2.75, 3.05) is 17.4 Å². The Bertz CT molecular complexity index is 1670. The van der Waals surface area contributed by atoms with Crippen molar-refractivity contribution in [2.45, 2.75) is 37.8 Å². The van der Waals surface area contributed by atoms with Gasteiger partial charge in [0.1, 0.15) is 18.4 Å². The standard InChI is InChI=1S/C33H33ClFN3O4S/c1-3-36-33(40)31(21-25-12-6-4-7-13-25)37(22-26-14-10-11-17-29(26)35)32(39)23-38(30-19-18-27(34)20-24(30)2)43(41,42)28-15-8-5-9-16-28/h4-20,31H,3,21-23H2,1-2H3,(H,36,40)/t31-/m1/s1. The summed E-state index contributed by atoms with van der Waals surface area (Å²) in [6.07, 6.45) is 0.137. The summed E-state index contributed by atoms with van der Waals surface area (Å²) in [5, 5.41) is 3.19. The summed E-state index contributed by atoms with van der Waals surface area (Å²) in [6.45, 7) is 2.88. The summed E-state index contributed by atoms with van der Waals surface area (Å²) >= 11 is 6.17. The third kappa shape index (κ3) is 7.80. The Kier molecular flexibility index (Phi) is 10.6. The zero-order valence-corrected chi connectivity index (χ0v) is 25.5. The van der Waals surface area contributed by atoms with Crippen molar-refractivity contribution < 1.29 is 22.4 Å². The second-order valence-electron chi connectivity index (χ2n) is 9.97. The van der Waals surface area contributed by atoms with Crippen LogP contribution in [0.1, 0.15) is 23.6 Å². The number of hydrogen-bond acceptors (Lipinski definition) is 4. The van der Waals surface area contributed by atoms with Crippen LogP contribution < -0.4 is 9.62 Å². The average molecular weight is 622 g/mol. The lowest BCUT2D eigenvalue weighted by molar-refractivity contribution is -0.140. The summed E-state index contributed by atoms with van der Waals surface area (Å²) in [6, 6.07) is 26.6. The highest BCUT2D eigenvalue weighted by atomic mass is 35.5. The van der Waals surface area contributed by atoms with Crippen LogP contribution in [0.15, 0.2) is 108 Å². The Labute approximate surface area is 257 Å². The van der Waals surface area contributed by atoms with Crippen molar-refractivity contribution in [3.8, 4) is 0 Å². The molecule has 4 aromatic rings. The Morgan fingerprint density at radius 3 is 2.16 bits per heavy atom. The van der Waals surface area contributed by atoms with E-state index in [0.717, 1.165) is 9.87 Å². The predicted molar refractivity (Wildman–Crippen MR) is 167 cm³/mol. The van der Waals surface area contributed by atoms with Crippen molar-refractivity contribution >= 4 is 39.1 Å². The van der Waals surface area contributed by atoms with Crippen molar-refractivity contribution in [3.05, 3.63) is 131 Å². The highest BCUT2D eigenvalue weighted by molar-refractivity contribution is 7.92. The maximum absolute atomic E-state index is 14.9. The topological polar surface area (TPSA) is 86.8 Å². The Balaban J connectivity index is 1.82. The molecule has 10 heteroatoms. The monoisotopic (exact) mass is 621 g/mol. The van der Waals surface area contributed by atoms with Gasteiger partial charge in [0, 0.05) is 30.1 Å². The van der Waals surface area contributed by atoms with Crippen LogP contribution in [0.2, 0.25) is 5.02 Å². The van der Waals surface area contributed by atoms with Crippen LogP contribution in [0.3, 0.4) is 0 Å². The molecule has 0 aliphatic rings. The summed E-state index contributed by atoms with van der Waals surface area (Å²) in [7, 11) is -4.25. The van der Waals surface area contributed by atoms with Crippen LogP contribution in [0.5, 0.6) is 0 Å². The summed E-state index contributed by atoms with van der Waals surface area (Å²) < 4.78 is 44.0. The number of carbonyl (C=O) groups is 2. The molecule has 0 fully saturated rings. The Morgan fingerprint density at radius 2 is 1.53 bits per heavy atom. The highest BCUT2D eigenvalue weighted by Gasteiger charge is 2.35. The lowest BCUT2D eigenvalue weighted by Gasteiger charge is -2.34. The Hall–Kier alpha value is -4.21. The van der Waals surface area contributed by atoms with Crippen molar-refractivity contribution in [2.24, 2.45) is 0 Å². The molecular weight excluding hydrogens is 589 g/mol. The molecule has 43 heavy (non-hydrogen) atoms. The van der Waals surface area contributed by atoms with E-state index in [4.69, 9.17) is 11.6 Å². The largest absolute Gasteiger partial charge is 0.355 e. The van der Waals surface area contributed by atoms with Crippen LogP contribution in [0, 0.1) is 12.7 Å². The SMILES string of the molecule is CCNC(=O)[C@@H](Cc1ccccc1)N(Cc1ccccc1F)C(=O)CN(c1ccc(Cl)cc1C)S(=O)(=O)c1ccccc1. The first-order valence-corrected chi connectivity index (χ1v) is 15.6. The van der Waals surface area contributed by atoms with Gasteiger partial charge >= 0.3 is 0 Å². The van der Waals surface area contributed by atoms with Gasteiger partial charge in [-0.3, -0.25) is 13.9 Å². The molecule has 0 bridgehead atoms. The van der Waals surface area contributed by atoms with Crippen molar-refractivity contribution in [3.63, 3.8) is 0 Å². The van der Waals surface area contributed by atoms with Gasteiger partial charge in [-0.05, 0) is 61.4 Å². The van der Waals surface area contributed by atoms with Gasteiger partial charge in [0.15, 0.2) is 0 Å². The van der Waals surface area contributed by atoms with Crippen LogP contribution in [0.4, 0.5) is 10.1 Å². The zero-order valence-electron chi connectivity index (χ0n) is 23.9. The number of sulfonamides is 1. The molecule has 0 aliphatic carbocycles. The number of carbonyl (C=O) groups excluding carboxylic acids is 2. The van der Waals surface area contributed by atoms with Gasteiger partial charge < -0.3 is 10.2 Å². The maximum atomic E-state index is 14.9. The van der Waals surface area contributed by atoms with E-state index in [-0.39, 0.29) is 29.1 Å². The van der Waals surface area contributed by atoms with Gasteiger partial charge in [0.2, 0.25) is 11.8 Å². The highest BCUT2D eigenvalue weighted by Crippen LogP contribution is 2.29. The third-order valence-electron chi connectivity index (χ3n) is 6.96. The molecule has 2 amide bonds. The number of halogens is 2. The first-order valence-electron chi connectivity index (χ1n) is 13.8. The number of nitrogens with one attached hydrogen (secondary N) is 1. The number of amides is 2. The maximum Gasteiger partial charge on any atom is 0.264 e. The zero-order chi connectivity index (χ0) is 31.0. The molecule has 1 N–H and O–H groups in total. The van der Waals surface area contributed by atoms with Crippen molar-refractivity contribution in [1.29, 1.82) is 0 Å². The van der Waals surface area contributed by atoms with E-state index < -0.39 is 40.2 Å². The minimum Gasteiger partial charge on any atom is -0.355 e. The van der Waals surface area contributed by atoms with Gasteiger partial charge in [-0.15, -0.1) is 0 Å². The molecule has 0 aliphatic heterocycles. The van der Waals surface area contributed by atoms with E-state index >= 15 is 0 Å². The molecule has 7 nitrogen and oxygen atoms in total. The van der Waals surface area contributed by atoms with Gasteiger partial charge in [0.05, 0.1) is 10.6 Å². The van der Waals surface area contributed by atoms with Crippen LogP contribution in [-0.2, 0) is 32.6 Å². The van der Waals surface area contributed by atoms with E-state index in [2.05, 4.69) is 5.32 Å². The summed E-state index contributed by atoms with van der Waals surface area (Å²) in [5.74, 6) is -1.66. The van der Waals surface area contributed by atoms with E-state index in [1.165, 1.54) is 41.3 Å². The normalized spacial score (nSPS) is 11.9. The fourth-order valence-electron chi connectivity index (χ4n) is 4.79. The molecule has 0 saturated carbocycles. The molecule has 0 unspecified atom stereocenters. The second kappa shape index (κ2) is 14.3. The van der Waals surface area contributed by atoms with E-state index in [9.17, 15) is 22.4 Å². The van der Waals surface area contributed by atoms with Crippen LogP contribution in [-0.4, -0.2) is 44.3 Å². The Morgan fingerprint density at radius 1 is 0.907 bits per heavy atom. The summed E-state index contributed by atoms with van der Waals surface area (Å²) in [4.78, 5) is 29.1. The van der Waals surface area contributed by atoms with Crippen LogP contribution >= 0.6 is 11.6 Å². The van der Waals surface area contributed by atoms with Gasteiger partial charge in [-0.1, -0.05) is 78.3 Å². The minimum atomic E-state index is -4.25. The molecular formula is C33H33ClFN3O4S. The van der Waals surface area contributed by atoms with E-state index in [0.29, 0.717) is 17.1 Å². The summed E-state index contributed by atoms with van der Waals surface area (Å²) in [5.41, 5.74) is 1.76. The smallest absolute Gasteiger partial charge is 0.264 e. The number of benzene rings is 4. The molecule has 224 valence electrons.